The van der Waals surface area contributed by atoms with E-state index in [4.69, 9.17) is 17.3 Å². The van der Waals surface area contributed by atoms with Gasteiger partial charge in [-0.05, 0) is 30.9 Å². The second kappa shape index (κ2) is 5.19. The van der Waals surface area contributed by atoms with Crippen LogP contribution < -0.4 is 5.73 Å². The van der Waals surface area contributed by atoms with Crippen LogP contribution in [0.4, 0.5) is 5.95 Å². The third-order valence-corrected chi connectivity index (χ3v) is 4.04. The fourth-order valence-electron chi connectivity index (χ4n) is 1.92. The molecular weight excluding hydrogens is 254 g/mol. The van der Waals surface area contributed by atoms with Gasteiger partial charge in [0.05, 0.1) is 11.0 Å². The van der Waals surface area contributed by atoms with Crippen LogP contribution in [0, 0.1) is 0 Å². The highest BCUT2D eigenvalue weighted by atomic mass is 35.5. The maximum Gasteiger partial charge on any atom is 0.201 e. The molecule has 1 heterocycles. The van der Waals surface area contributed by atoms with Crippen molar-refractivity contribution in [1.29, 1.82) is 0 Å². The number of fused-ring (bicyclic) bond motifs is 1. The van der Waals surface area contributed by atoms with Gasteiger partial charge in [-0.25, -0.2) is 4.98 Å². The maximum atomic E-state index is 5.98. The fourth-order valence-corrected chi connectivity index (χ4v) is 2.81. The van der Waals surface area contributed by atoms with E-state index in [0.717, 1.165) is 22.5 Å². The first-order valence-electron chi connectivity index (χ1n) is 5.64. The molecule has 1 unspecified atom stereocenters. The van der Waals surface area contributed by atoms with E-state index >= 15 is 0 Å². The molecule has 2 rings (SSSR count). The van der Waals surface area contributed by atoms with Crippen LogP contribution >= 0.6 is 23.4 Å². The van der Waals surface area contributed by atoms with Gasteiger partial charge in [-0.1, -0.05) is 18.5 Å². The van der Waals surface area contributed by atoms with Crippen molar-refractivity contribution in [3.63, 3.8) is 0 Å². The van der Waals surface area contributed by atoms with Gasteiger partial charge in [-0.2, -0.15) is 11.8 Å². The zero-order valence-electron chi connectivity index (χ0n) is 9.98. The first-order valence-corrected chi connectivity index (χ1v) is 7.17. The SMILES string of the molecule is CCSCC(C)n1c(N)nc2cc(Cl)ccc21. The van der Waals surface area contributed by atoms with Crippen LogP contribution in [0.3, 0.4) is 0 Å². The van der Waals surface area contributed by atoms with E-state index in [9.17, 15) is 0 Å². The van der Waals surface area contributed by atoms with E-state index in [1.54, 1.807) is 0 Å². The monoisotopic (exact) mass is 269 g/mol. The molecule has 0 aliphatic rings. The van der Waals surface area contributed by atoms with E-state index in [0.29, 0.717) is 17.0 Å². The lowest BCUT2D eigenvalue weighted by Gasteiger charge is -2.15. The molecule has 92 valence electrons. The summed E-state index contributed by atoms with van der Waals surface area (Å²) in [7, 11) is 0. The Bertz CT molecular complexity index is 524. The molecule has 1 atom stereocenters. The van der Waals surface area contributed by atoms with Gasteiger partial charge in [0.25, 0.3) is 0 Å². The highest BCUT2D eigenvalue weighted by molar-refractivity contribution is 7.99. The van der Waals surface area contributed by atoms with Crippen molar-refractivity contribution in [3.8, 4) is 0 Å². The number of nitrogen functional groups attached to an aromatic ring is 1. The minimum absolute atomic E-state index is 0.339. The van der Waals surface area contributed by atoms with E-state index in [1.165, 1.54) is 0 Å². The number of benzene rings is 1. The summed E-state index contributed by atoms with van der Waals surface area (Å²) < 4.78 is 2.08. The van der Waals surface area contributed by atoms with Crippen LogP contribution in [0.2, 0.25) is 5.02 Å². The number of aromatic nitrogens is 2. The van der Waals surface area contributed by atoms with Gasteiger partial charge in [0, 0.05) is 16.8 Å². The molecule has 3 nitrogen and oxygen atoms in total. The minimum atomic E-state index is 0.339. The predicted molar refractivity (Wildman–Crippen MR) is 76.9 cm³/mol. The van der Waals surface area contributed by atoms with Gasteiger partial charge in [0.2, 0.25) is 5.95 Å². The van der Waals surface area contributed by atoms with Crippen molar-refractivity contribution in [2.45, 2.75) is 19.9 Å². The summed E-state index contributed by atoms with van der Waals surface area (Å²) in [6.45, 7) is 4.32. The van der Waals surface area contributed by atoms with Gasteiger partial charge in [-0.3, -0.25) is 0 Å². The van der Waals surface area contributed by atoms with Crippen LogP contribution in [-0.2, 0) is 0 Å². The van der Waals surface area contributed by atoms with E-state index in [-0.39, 0.29) is 0 Å². The van der Waals surface area contributed by atoms with Gasteiger partial charge < -0.3 is 10.3 Å². The average molecular weight is 270 g/mol. The third kappa shape index (κ3) is 2.53. The van der Waals surface area contributed by atoms with Crippen molar-refractivity contribution < 1.29 is 0 Å². The molecule has 0 radical (unpaired) electrons. The molecule has 0 saturated heterocycles. The normalized spacial score (nSPS) is 13.1. The summed E-state index contributed by atoms with van der Waals surface area (Å²) in [5, 5.41) is 0.692. The molecule has 0 aliphatic heterocycles. The Kier molecular flexibility index (Phi) is 3.84. The quantitative estimate of drug-likeness (QED) is 0.923. The Labute approximate surface area is 110 Å². The van der Waals surface area contributed by atoms with Crippen LogP contribution in [0.15, 0.2) is 18.2 Å². The van der Waals surface area contributed by atoms with E-state index < -0.39 is 0 Å². The molecule has 0 bridgehead atoms. The Hall–Kier alpha value is -0.870. The second-order valence-corrected chi connectivity index (χ2v) is 5.74. The number of halogens is 1. The van der Waals surface area contributed by atoms with Crippen LogP contribution in [0.25, 0.3) is 11.0 Å². The second-order valence-electron chi connectivity index (χ2n) is 3.98. The Morgan fingerprint density at radius 1 is 1.53 bits per heavy atom. The van der Waals surface area contributed by atoms with Crippen LogP contribution in [0.1, 0.15) is 19.9 Å². The van der Waals surface area contributed by atoms with Gasteiger partial charge in [-0.15, -0.1) is 0 Å². The smallest absolute Gasteiger partial charge is 0.201 e. The molecule has 5 heteroatoms. The Morgan fingerprint density at radius 2 is 2.29 bits per heavy atom. The first-order chi connectivity index (χ1) is 8.13. The summed E-state index contributed by atoms with van der Waals surface area (Å²) in [5.41, 5.74) is 7.89. The number of thioether (sulfide) groups is 1. The average Bonchev–Trinajstić information content (AvgIpc) is 2.61. The van der Waals surface area contributed by atoms with Gasteiger partial charge in [0.1, 0.15) is 0 Å². The lowest BCUT2D eigenvalue weighted by Crippen LogP contribution is -2.11. The van der Waals surface area contributed by atoms with Gasteiger partial charge in [0.15, 0.2) is 0 Å². The summed E-state index contributed by atoms with van der Waals surface area (Å²) in [4.78, 5) is 4.35. The number of anilines is 1. The molecule has 0 aliphatic carbocycles. The first kappa shape index (κ1) is 12.6. The molecule has 0 fully saturated rings. The number of imidazole rings is 1. The molecule has 1 aromatic heterocycles. The standard InChI is InChI=1S/C12H16ClN3S/c1-3-17-7-8(2)16-11-5-4-9(13)6-10(11)15-12(16)14/h4-6,8H,3,7H2,1-2H3,(H2,14,15). The van der Waals surface area contributed by atoms with Gasteiger partial charge >= 0.3 is 0 Å². The molecule has 17 heavy (non-hydrogen) atoms. The minimum Gasteiger partial charge on any atom is -0.369 e. The fraction of sp³-hybridized carbons (Fsp3) is 0.417. The van der Waals surface area contributed by atoms with Crippen molar-refractivity contribution in [3.05, 3.63) is 23.2 Å². The number of hydrogen-bond acceptors (Lipinski definition) is 3. The lowest BCUT2D eigenvalue weighted by atomic mass is 10.3. The van der Waals surface area contributed by atoms with Crippen LogP contribution in [0.5, 0.6) is 0 Å². The van der Waals surface area contributed by atoms with Crippen molar-refractivity contribution in [2.75, 3.05) is 17.2 Å². The molecule has 2 aromatic rings. The van der Waals surface area contributed by atoms with Crippen molar-refractivity contribution in [1.82, 2.24) is 9.55 Å². The number of nitrogens with zero attached hydrogens (tertiary/aromatic N) is 2. The lowest BCUT2D eigenvalue weighted by molar-refractivity contribution is 0.637. The van der Waals surface area contributed by atoms with E-state index in [1.807, 2.05) is 30.0 Å². The van der Waals surface area contributed by atoms with E-state index in [2.05, 4.69) is 23.4 Å². The van der Waals surface area contributed by atoms with Crippen molar-refractivity contribution >= 4 is 40.3 Å². The number of nitrogens with two attached hydrogens (primary N) is 1. The summed E-state index contributed by atoms with van der Waals surface area (Å²) in [6, 6.07) is 6.05. The molecule has 0 spiro atoms. The Morgan fingerprint density at radius 3 is 3.00 bits per heavy atom. The zero-order chi connectivity index (χ0) is 12.4. The zero-order valence-corrected chi connectivity index (χ0v) is 11.6. The maximum absolute atomic E-state index is 5.98. The molecule has 2 N–H and O–H groups in total. The summed E-state index contributed by atoms with van der Waals surface area (Å²) in [6.07, 6.45) is 0. The Balaban J connectivity index is 2.42. The van der Waals surface area contributed by atoms with Crippen molar-refractivity contribution in [2.24, 2.45) is 0 Å². The molecule has 1 aromatic carbocycles. The summed E-state index contributed by atoms with van der Waals surface area (Å²) in [5.74, 6) is 2.71. The number of rotatable bonds is 4. The number of hydrogen-bond donors (Lipinski definition) is 1. The topological polar surface area (TPSA) is 43.8 Å². The third-order valence-electron chi connectivity index (χ3n) is 2.68. The molecular formula is C12H16ClN3S. The highest BCUT2D eigenvalue weighted by Crippen LogP contribution is 2.26. The van der Waals surface area contributed by atoms with Crippen LogP contribution in [-0.4, -0.2) is 21.1 Å². The highest BCUT2D eigenvalue weighted by Gasteiger charge is 2.13. The summed E-state index contributed by atoms with van der Waals surface area (Å²) >= 11 is 7.85. The predicted octanol–water partition coefficient (Wildman–Crippen LogP) is 3.59. The largest absolute Gasteiger partial charge is 0.369 e. The molecule has 0 saturated carbocycles. The molecule has 0 amide bonds.